The second-order valence-electron chi connectivity index (χ2n) is 5.14. The highest BCUT2D eigenvalue weighted by atomic mass is 14.7. The lowest BCUT2D eigenvalue weighted by Gasteiger charge is -2.05. The van der Waals surface area contributed by atoms with Gasteiger partial charge < -0.3 is 10.7 Å². The third-order valence-electron chi connectivity index (χ3n) is 3.76. The number of nitrogens with one attached hydrogen (secondary N) is 1. The molecule has 1 aromatic heterocycles. The van der Waals surface area contributed by atoms with Gasteiger partial charge in [-0.05, 0) is 43.0 Å². The summed E-state index contributed by atoms with van der Waals surface area (Å²) in [5.74, 6) is 0. The molecule has 0 spiro atoms. The molecular weight excluding hydrogens is 244 g/mol. The molecule has 0 aliphatic rings. The number of fused-ring (bicyclic) bond motifs is 1. The van der Waals surface area contributed by atoms with Gasteiger partial charge in [-0.25, -0.2) is 0 Å². The number of unbranched alkanes of at least 4 members (excludes halogenated alkanes) is 1. The van der Waals surface area contributed by atoms with Crippen molar-refractivity contribution in [3.8, 4) is 11.3 Å². The summed E-state index contributed by atoms with van der Waals surface area (Å²) >= 11 is 0. The van der Waals surface area contributed by atoms with E-state index < -0.39 is 0 Å². The van der Waals surface area contributed by atoms with Crippen LogP contribution in [0, 0.1) is 0 Å². The van der Waals surface area contributed by atoms with Gasteiger partial charge in [0.05, 0.1) is 0 Å². The summed E-state index contributed by atoms with van der Waals surface area (Å²) in [6.07, 6.45) is 3.29. The third kappa shape index (κ3) is 2.47. The smallest absolute Gasteiger partial charge is 0.0497 e. The lowest BCUT2D eigenvalue weighted by molar-refractivity contribution is 0.748. The molecule has 0 bridgehead atoms. The Morgan fingerprint density at radius 3 is 2.40 bits per heavy atom. The van der Waals surface area contributed by atoms with Crippen LogP contribution in [0.3, 0.4) is 0 Å². The van der Waals surface area contributed by atoms with Crippen LogP contribution in [-0.2, 0) is 6.42 Å². The number of rotatable bonds is 5. The number of hydrogen-bond donors (Lipinski definition) is 2. The molecule has 20 heavy (non-hydrogen) atoms. The Morgan fingerprint density at radius 1 is 0.850 bits per heavy atom. The van der Waals surface area contributed by atoms with Gasteiger partial charge in [-0.2, -0.15) is 0 Å². The molecule has 0 fully saturated rings. The van der Waals surface area contributed by atoms with Gasteiger partial charge in [0.15, 0.2) is 0 Å². The van der Waals surface area contributed by atoms with Crippen LogP contribution < -0.4 is 5.73 Å². The van der Waals surface area contributed by atoms with Gasteiger partial charge in [0.2, 0.25) is 0 Å². The van der Waals surface area contributed by atoms with Gasteiger partial charge in [-0.1, -0.05) is 48.5 Å². The Labute approximate surface area is 119 Å². The van der Waals surface area contributed by atoms with Crippen molar-refractivity contribution in [3.63, 3.8) is 0 Å². The van der Waals surface area contributed by atoms with E-state index in [4.69, 9.17) is 5.73 Å². The third-order valence-corrected chi connectivity index (χ3v) is 3.76. The second-order valence-corrected chi connectivity index (χ2v) is 5.14. The van der Waals surface area contributed by atoms with Crippen molar-refractivity contribution in [2.45, 2.75) is 19.3 Å². The molecule has 1 heterocycles. The van der Waals surface area contributed by atoms with Crippen molar-refractivity contribution in [2.24, 2.45) is 5.73 Å². The maximum Gasteiger partial charge on any atom is 0.0497 e. The van der Waals surface area contributed by atoms with Crippen molar-refractivity contribution in [1.82, 2.24) is 4.98 Å². The zero-order valence-electron chi connectivity index (χ0n) is 11.6. The first-order valence-electron chi connectivity index (χ1n) is 7.25. The summed E-state index contributed by atoms with van der Waals surface area (Å²) in [7, 11) is 0. The van der Waals surface area contributed by atoms with Crippen LogP contribution in [-0.4, -0.2) is 11.5 Å². The van der Waals surface area contributed by atoms with Crippen molar-refractivity contribution in [1.29, 1.82) is 0 Å². The molecule has 2 nitrogen and oxygen atoms in total. The first-order chi connectivity index (χ1) is 9.90. The molecule has 0 unspecified atom stereocenters. The normalized spacial score (nSPS) is 11.1. The Bertz CT molecular complexity index is 683. The van der Waals surface area contributed by atoms with Crippen LogP contribution in [0.25, 0.3) is 22.2 Å². The molecule has 2 heteroatoms. The van der Waals surface area contributed by atoms with Gasteiger partial charge in [0, 0.05) is 16.6 Å². The molecule has 102 valence electrons. The van der Waals surface area contributed by atoms with E-state index in [1.807, 2.05) is 0 Å². The number of aromatic amines is 1. The van der Waals surface area contributed by atoms with Gasteiger partial charge in [0.25, 0.3) is 0 Å². The monoisotopic (exact) mass is 264 g/mol. The minimum atomic E-state index is 0.767. The Hall–Kier alpha value is -2.06. The number of hydrogen-bond acceptors (Lipinski definition) is 1. The molecule has 0 saturated heterocycles. The van der Waals surface area contributed by atoms with Crippen LogP contribution in [0.1, 0.15) is 18.4 Å². The Balaban J connectivity index is 2.08. The summed E-state index contributed by atoms with van der Waals surface area (Å²) < 4.78 is 0. The number of aryl methyl sites for hydroxylation is 1. The molecule has 2 aromatic carbocycles. The molecule has 0 radical (unpaired) electrons. The molecule has 0 aliphatic carbocycles. The van der Waals surface area contributed by atoms with Crippen LogP contribution in [0.2, 0.25) is 0 Å². The van der Waals surface area contributed by atoms with Crippen LogP contribution >= 0.6 is 0 Å². The van der Waals surface area contributed by atoms with E-state index in [1.54, 1.807) is 0 Å². The van der Waals surface area contributed by atoms with Crippen LogP contribution in [0.15, 0.2) is 54.6 Å². The van der Waals surface area contributed by atoms with Gasteiger partial charge in [-0.15, -0.1) is 0 Å². The van der Waals surface area contributed by atoms with Gasteiger partial charge in [0.1, 0.15) is 0 Å². The first kappa shape index (κ1) is 12.9. The van der Waals surface area contributed by atoms with Crippen LogP contribution in [0.5, 0.6) is 0 Å². The molecule has 0 atom stereocenters. The molecular formula is C18H20N2. The zero-order chi connectivity index (χ0) is 13.8. The number of benzene rings is 2. The topological polar surface area (TPSA) is 41.8 Å². The number of para-hydroxylation sites is 1. The highest BCUT2D eigenvalue weighted by Gasteiger charge is 2.12. The fourth-order valence-corrected chi connectivity index (χ4v) is 2.76. The molecule has 3 N–H and O–H groups in total. The van der Waals surface area contributed by atoms with E-state index in [9.17, 15) is 0 Å². The minimum Gasteiger partial charge on any atom is -0.354 e. The van der Waals surface area contributed by atoms with E-state index in [2.05, 4.69) is 59.6 Å². The number of nitrogens with two attached hydrogens (primary N) is 1. The molecule has 0 aliphatic heterocycles. The Kier molecular flexibility index (Phi) is 3.84. The summed E-state index contributed by atoms with van der Waals surface area (Å²) in [6.45, 7) is 0.767. The standard InChI is InChI=1S/C18H20N2/c19-13-7-6-11-16-15-10-4-5-12-17(15)20-18(16)14-8-2-1-3-9-14/h1-5,8-10,12,20H,6-7,11,13,19H2. The molecule has 3 rings (SSSR count). The summed E-state index contributed by atoms with van der Waals surface area (Å²) in [5, 5.41) is 1.34. The van der Waals surface area contributed by atoms with Crippen molar-refractivity contribution < 1.29 is 0 Å². The lowest BCUT2D eigenvalue weighted by Crippen LogP contribution is -1.99. The average molecular weight is 264 g/mol. The highest BCUT2D eigenvalue weighted by molar-refractivity contribution is 5.90. The summed E-state index contributed by atoms with van der Waals surface area (Å²) in [6, 6.07) is 19.1. The highest BCUT2D eigenvalue weighted by Crippen LogP contribution is 2.31. The average Bonchev–Trinajstić information content (AvgIpc) is 2.87. The maximum atomic E-state index is 5.62. The fraction of sp³-hybridized carbons (Fsp3) is 0.222. The summed E-state index contributed by atoms with van der Waals surface area (Å²) in [5.41, 5.74) is 10.8. The molecule has 0 amide bonds. The van der Waals surface area contributed by atoms with Crippen molar-refractivity contribution >= 4 is 10.9 Å². The van der Waals surface area contributed by atoms with Crippen molar-refractivity contribution in [3.05, 3.63) is 60.2 Å². The van der Waals surface area contributed by atoms with Crippen molar-refractivity contribution in [2.75, 3.05) is 6.54 Å². The first-order valence-corrected chi connectivity index (χ1v) is 7.25. The summed E-state index contributed by atoms with van der Waals surface area (Å²) in [4.78, 5) is 3.58. The predicted octanol–water partition coefficient (Wildman–Crippen LogP) is 4.12. The molecule has 0 saturated carbocycles. The SMILES string of the molecule is NCCCCc1c(-c2ccccc2)[nH]c2ccccc12. The van der Waals surface area contributed by atoms with Gasteiger partial charge >= 0.3 is 0 Å². The van der Waals surface area contributed by atoms with E-state index in [1.165, 1.54) is 27.7 Å². The zero-order valence-corrected chi connectivity index (χ0v) is 11.6. The number of aromatic nitrogens is 1. The fourth-order valence-electron chi connectivity index (χ4n) is 2.76. The molecule has 3 aromatic rings. The van der Waals surface area contributed by atoms with E-state index in [-0.39, 0.29) is 0 Å². The van der Waals surface area contributed by atoms with Gasteiger partial charge in [-0.3, -0.25) is 0 Å². The predicted molar refractivity (Wildman–Crippen MR) is 85.7 cm³/mol. The lowest BCUT2D eigenvalue weighted by atomic mass is 10.0. The maximum absolute atomic E-state index is 5.62. The van der Waals surface area contributed by atoms with Crippen LogP contribution in [0.4, 0.5) is 0 Å². The van der Waals surface area contributed by atoms with E-state index in [0.29, 0.717) is 0 Å². The second kappa shape index (κ2) is 5.93. The Morgan fingerprint density at radius 2 is 1.60 bits per heavy atom. The largest absolute Gasteiger partial charge is 0.354 e. The van der Waals surface area contributed by atoms with E-state index in [0.717, 1.165) is 25.8 Å². The van der Waals surface area contributed by atoms with E-state index >= 15 is 0 Å². The quantitative estimate of drug-likeness (QED) is 0.669. The number of H-pyrrole nitrogens is 1. The minimum absolute atomic E-state index is 0.767.